The minimum atomic E-state index is -0.971. The van der Waals surface area contributed by atoms with Crippen LogP contribution in [0.4, 0.5) is 0 Å². The number of amides is 1. The number of rotatable bonds is 5. The first-order valence-electron chi connectivity index (χ1n) is 5.20. The molecule has 5 nitrogen and oxygen atoms in total. The lowest BCUT2D eigenvalue weighted by Crippen LogP contribution is -2.50. The second-order valence-corrected chi connectivity index (χ2v) is 4.35. The van der Waals surface area contributed by atoms with Crippen LogP contribution in [0.1, 0.15) is 29.8 Å². The summed E-state index contributed by atoms with van der Waals surface area (Å²) in [5.41, 5.74) is 5.41. The van der Waals surface area contributed by atoms with Crippen LogP contribution < -0.4 is 11.1 Å². The Morgan fingerprint density at radius 2 is 2.06 bits per heavy atom. The molecule has 0 bridgehead atoms. The molecular weight excluding hydrogens is 220 g/mol. The van der Waals surface area contributed by atoms with Crippen LogP contribution in [0.3, 0.4) is 0 Å². The van der Waals surface area contributed by atoms with Gasteiger partial charge in [0.25, 0.3) is 0 Å². The average Bonchev–Trinajstić information content (AvgIpc) is 2.26. The van der Waals surface area contributed by atoms with E-state index in [2.05, 4.69) is 5.32 Å². The second-order valence-electron chi connectivity index (χ2n) is 4.35. The SMILES string of the molecule is CC(C)(NCc1cccc(C(=O)O)c1)C(N)=O. The highest BCUT2D eigenvalue weighted by Gasteiger charge is 2.23. The van der Waals surface area contributed by atoms with Gasteiger partial charge in [-0.1, -0.05) is 12.1 Å². The summed E-state index contributed by atoms with van der Waals surface area (Å²) < 4.78 is 0. The summed E-state index contributed by atoms with van der Waals surface area (Å²) in [5, 5.41) is 11.8. The predicted molar refractivity (Wildman–Crippen MR) is 63.5 cm³/mol. The molecule has 1 rings (SSSR count). The largest absolute Gasteiger partial charge is 0.478 e. The molecule has 5 heteroatoms. The van der Waals surface area contributed by atoms with Crippen LogP contribution in [0.5, 0.6) is 0 Å². The highest BCUT2D eigenvalue weighted by molar-refractivity contribution is 5.87. The van der Waals surface area contributed by atoms with Crippen LogP contribution in [0.25, 0.3) is 0 Å². The zero-order valence-electron chi connectivity index (χ0n) is 9.86. The van der Waals surface area contributed by atoms with Crippen LogP contribution in [0, 0.1) is 0 Å². The normalized spacial score (nSPS) is 11.2. The molecule has 0 spiro atoms. The number of hydrogen-bond donors (Lipinski definition) is 3. The number of primary amides is 1. The second kappa shape index (κ2) is 4.97. The molecule has 1 aromatic rings. The standard InChI is InChI=1S/C12H16N2O3/c1-12(2,11(13)17)14-7-8-4-3-5-9(6-8)10(15)16/h3-6,14H,7H2,1-2H3,(H2,13,17)(H,15,16). The molecule has 0 heterocycles. The van der Waals surface area contributed by atoms with Gasteiger partial charge in [-0.3, -0.25) is 10.1 Å². The molecule has 0 saturated heterocycles. The van der Waals surface area contributed by atoms with Crippen LogP contribution >= 0.6 is 0 Å². The van der Waals surface area contributed by atoms with E-state index in [-0.39, 0.29) is 5.56 Å². The topological polar surface area (TPSA) is 92.4 Å². The summed E-state index contributed by atoms with van der Waals surface area (Å²) in [4.78, 5) is 21.9. The van der Waals surface area contributed by atoms with E-state index in [1.54, 1.807) is 32.0 Å². The monoisotopic (exact) mass is 236 g/mol. The van der Waals surface area contributed by atoms with E-state index in [1.165, 1.54) is 6.07 Å². The van der Waals surface area contributed by atoms with Crippen molar-refractivity contribution < 1.29 is 14.7 Å². The minimum absolute atomic E-state index is 0.223. The van der Waals surface area contributed by atoms with E-state index in [4.69, 9.17) is 10.8 Å². The van der Waals surface area contributed by atoms with Crippen molar-refractivity contribution in [2.45, 2.75) is 25.9 Å². The van der Waals surface area contributed by atoms with E-state index in [9.17, 15) is 9.59 Å². The van der Waals surface area contributed by atoms with Crippen molar-refractivity contribution in [3.63, 3.8) is 0 Å². The summed E-state index contributed by atoms with van der Waals surface area (Å²) in [6.07, 6.45) is 0. The third-order valence-corrected chi connectivity index (χ3v) is 2.52. The number of aromatic carboxylic acids is 1. The third kappa shape index (κ3) is 3.57. The van der Waals surface area contributed by atoms with Crippen molar-refractivity contribution >= 4 is 11.9 Å². The Hall–Kier alpha value is -1.88. The molecule has 0 unspecified atom stereocenters. The molecule has 0 aliphatic carbocycles. The van der Waals surface area contributed by atoms with Gasteiger partial charge in [0.15, 0.2) is 0 Å². The van der Waals surface area contributed by atoms with Crippen molar-refractivity contribution in [3.05, 3.63) is 35.4 Å². The summed E-state index contributed by atoms with van der Waals surface area (Å²) in [6.45, 7) is 3.74. The Bertz CT molecular complexity index is 441. The maximum Gasteiger partial charge on any atom is 0.335 e. The Morgan fingerprint density at radius 3 is 2.59 bits per heavy atom. The number of carboxylic acids is 1. The van der Waals surface area contributed by atoms with Gasteiger partial charge in [-0.2, -0.15) is 0 Å². The summed E-state index contributed by atoms with van der Waals surface area (Å²) in [6, 6.07) is 6.53. The number of hydrogen-bond acceptors (Lipinski definition) is 3. The van der Waals surface area contributed by atoms with Gasteiger partial charge < -0.3 is 10.8 Å². The van der Waals surface area contributed by atoms with Gasteiger partial charge in [-0.15, -0.1) is 0 Å². The minimum Gasteiger partial charge on any atom is -0.478 e. The number of nitrogens with one attached hydrogen (secondary N) is 1. The van der Waals surface area contributed by atoms with Crippen LogP contribution in [-0.2, 0) is 11.3 Å². The lowest BCUT2D eigenvalue weighted by molar-refractivity contribution is -0.123. The van der Waals surface area contributed by atoms with Crippen LogP contribution in [0.15, 0.2) is 24.3 Å². The molecule has 1 amide bonds. The molecular formula is C12H16N2O3. The maximum absolute atomic E-state index is 11.1. The lowest BCUT2D eigenvalue weighted by Gasteiger charge is -2.22. The zero-order valence-corrected chi connectivity index (χ0v) is 9.86. The van der Waals surface area contributed by atoms with Gasteiger partial charge in [0.1, 0.15) is 0 Å². The van der Waals surface area contributed by atoms with Crippen molar-refractivity contribution in [1.29, 1.82) is 0 Å². The van der Waals surface area contributed by atoms with Crippen LogP contribution in [0.2, 0.25) is 0 Å². The molecule has 0 aliphatic rings. The van der Waals surface area contributed by atoms with Crippen molar-refractivity contribution in [2.24, 2.45) is 5.73 Å². The zero-order chi connectivity index (χ0) is 13.1. The van der Waals surface area contributed by atoms with Gasteiger partial charge in [0, 0.05) is 6.54 Å². The van der Waals surface area contributed by atoms with Crippen molar-refractivity contribution in [1.82, 2.24) is 5.32 Å². The van der Waals surface area contributed by atoms with Crippen LogP contribution in [-0.4, -0.2) is 22.5 Å². The smallest absolute Gasteiger partial charge is 0.335 e. The number of carbonyl (C=O) groups excluding carboxylic acids is 1. The maximum atomic E-state index is 11.1. The summed E-state index contributed by atoms with van der Waals surface area (Å²) in [5.74, 6) is -1.42. The number of carboxylic acid groups (broad SMARTS) is 1. The van der Waals surface area contributed by atoms with Gasteiger partial charge in [-0.05, 0) is 31.5 Å². The first-order valence-corrected chi connectivity index (χ1v) is 5.20. The van der Waals surface area contributed by atoms with Gasteiger partial charge in [0.2, 0.25) is 5.91 Å². The van der Waals surface area contributed by atoms with Gasteiger partial charge in [0.05, 0.1) is 11.1 Å². The number of nitrogens with two attached hydrogens (primary N) is 1. The summed E-state index contributed by atoms with van der Waals surface area (Å²) in [7, 11) is 0. The molecule has 0 aromatic heterocycles. The molecule has 0 atom stereocenters. The Kier molecular flexibility index (Phi) is 3.85. The molecule has 17 heavy (non-hydrogen) atoms. The highest BCUT2D eigenvalue weighted by Crippen LogP contribution is 2.08. The van der Waals surface area contributed by atoms with E-state index in [0.29, 0.717) is 6.54 Å². The first-order chi connectivity index (χ1) is 7.83. The molecule has 92 valence electrons. The predicted octanol–water partition coefficient (Wildman–Crippen LogP) is 0.738. The number of benzene rings is 1. The van der Waals surface area contributed by atoms with Crippen molar-refractivity contribution in [3.8, 4) is 0 Å². The van der Waals surface area contributed by atoms with E-state index in [1.807, 2.05) is 0 Å². The quantitative estimate of drug-likeness (QED) is 0.703. The van der Waals surface area contributed by atoms with Gasteiger partial charge >= 0.3 is 5.97 Å². The molecule has 0 fully saturated rings. The van der Waals surface area contributed by atoms with E-state index < -0.39 is 17.4 Å². The fourth-order valence-corrected chi connectivity index (χ4v) is 1.22. The molecule has 0 aliphatic heterocycles. The Labute approximate surface area is 99.6 Å². The Morgan fingerprint density at radius 1 is 1.41 bits per heavy atom. The lowest BCUT2D eigenvalue weighted by atomic mass is 10.0. The average molecular weight is 236 g/mol. The fraction of sp³-hybridized carbons (Fsp3) is 0.333. The molecule has 0 saturated carbocycles. The third-order valence-electron chi connectivity index (χ3n) is 2.52. The fourth-order valence-electron chi connectivity index (χ4n) is 1.22. The molecule has 4 N–H and O–H groups in total. The molecule has 0 radical (unpaired) electrons. The van der Waals surface area contributed by atoms with Crippen molar-refractivity contribution in [2.75, 3.05) is 0 Å². The Balaban J connectivity index is 2.73. The first kappa shape index (κ1) is 13.2. The summed E-state index contributed by atoms with van der Waals surface area (Å²) >= 11 is 0. The highest BCUT2D eigenvalue weighted by atomic mass is 16.4. The molecule has 1 aromatic carbocycles. The van der Waals surface area contributed by atoms with Gasteiger partial charge in [-0.25, -0.2) is 4.79 Å². The van der Waals surface area contributed by atoms with E-state index in [0.717, 1.165) is 5.56 Å². The number of carbonyl (C=O) groups is 2. The van der Waals surface area contributed by atoms with E-state index >= 15 is 0 Å².